The number of ether oxygens (including phenoxy) is 2. The van der Waals surface area contributed by atoms with Crippen LogP contribution in [-0.4, -0.2) is 81.5 Å². The van der Waals surface area contributed by atoms with Gasteiger partial charge in [-0.1, -0.05) is 0 Å². The molecule has 1 aliphatic carbocycles. The van der Waals surface area contributed by atoms with Crippen LogP contribution in [0.25, 0.3) is 16.8 Å². The third-order valence-electron chi connectivity index (χ3n) is 6.74. The summed E-state index contributed by atoms with van der Waals surface area (Å²) in [6, 6.07) is 5.87. The van der Waals surface area contributed by atoms with Crippen LogP contribution in [-0.2, 0) is 4.74 Å². The molecule has 34 heavy (non-hydrogen) atoms. The molecule has 5 heterocycles. The summed E-state index contributed by atoms with van der Waals surface area (Å²) in [5, 5.41) is 7.75. The number of hydrogen-bond acceptors (Lipinski definition) is 8. The highest BCUT2D eigenvalue weighted by molar-refractivity contribution is 5.80. The highest BCUT2D eigenvalue weighted by Crippen LogP contribution is 2.35. The van der Waals surface area contributed by atoms with E-state index in [0.717, 1.165) is 48.4 Å². The van der Waals surface area contributed by atoms with Crippen molar-refractivity contribution >= 4 is 17.6 Å². The second kappa shape index (κ2) is 8.43. The summed E-state index contributed by atoms with van der Waals surface area (Å²) in [5.41, 5.74) is 2.14. The highest BCUT2D eigenvalue weighted by Gasteiger charge is 2.35. The van der Waals surface area contributed by atoms with Crippen LogP contribution in [0.2, 0.25) is 0 Å². The topological polar surface area (TPSA) is 97.1 Å². The fourth-order valence-electron chi connectivity index (χ4n) is 4.53. The van der Waals surface area contributed by atoms with Gasteiger partial charge >= 0.3 is 6.09 Å². The van der Waals surface area contributed by atoms with Gasteiger partial charge in [0, 0.05) is 57.1 Å². The number of anilines is 1. The number of amides is 1. The summed E-state index contributed by atoms with van der Waals surface area (Å²) in [7, 11) is 0. The predicted octanol–water partition coefficient (Wildman–Crippen LogP) is 2.34. The third kappa shape index (κ3) is 4.13. The van der Waals surface area contributed by atoms with Crippen molar-refractivity contribution in [2.45, 2.75) is 37.9 Å². The molecule has 3 aromatic rings. The molecular weight excluding hydrogens is 434 g/mol. The normalized spacial score (nSPS) is 22.9. The van der Waals surface area contributed by atoms with Crippen LogP contribution in [0.1, 0.15) is 26.2 Å². The summed E-state index contributed by atoms with van der Waals surface area (Å²) in [6.07, 6.45) is 8.51. The second-order valence-electron chi connectivity index (χ2n) is 9.50. The molecule has 1 saturated carbocycles. The van der Waals surface area contributed by atoms with Gasteiger partial charge in [0.25, 0.3) is 0 Å². The van der Waals surface area contributed by atoms with Crippen molar-refractivity contribution in [3.63, 3.8) is 0 Å². The second-order valence-corrected chi connectivity index (χ2v) is 9.50. The molecule has 0 aromatic carbocycles. The minimum atomic E-state index is -0.409. The Bertz CT molecular complexity index is 1190. The van der Waals surface area contributed by atoms with E-state index in [1.807, 2.05) is 37.5 Å². The first-order valence-electron chi connectivity index (χ1n) is 12.0. The van der Waals surface area contributed by atoms with Gasteiger partial charge in [-0.3, -0.25) is 0 Å². The first kappa shape index (κ1) is 21.2. The van der Waals surface area contributed by atoms with Gasteiger partial charge in [0.2, 0.25) is 5.88 Å². The maximum Gasteiger partial charge on any atom is 0.410 e. The average Bonchev–Trinajstić information content (AvgIpc) is 3.41. The smallest absolute Gasteiger partial charge is 0.410 e. The van der Waals surface area contributed by atoms with Gasteiger partial charge in [-0.25, -0.2) is 19.3 Å². The zero-order chi connectivity index (χ0) is 23.1. The van der Waals surface area contributed by atoms with E-state index < -0.39 is 5.60 Å². The Kier molecular flexibility index (Phi) is 5.24. The van der Waals surface area contributed by atoms with E-state index in [-0.39, 0.29) is 12.2 Å². The fourth-order valence-corrected chi connectivity index (χ4v) is 4.53. The summed E-state index contributed by atoms with van der Waals surface area (Å²) in [5.74, 6) is 1.49. The lowest BCUT2D eigenvalue weighted by Crippen LogP contribution is -2.51. The maximum absolute atomic E-state index is 12.7. The van der Waals surface area contributed by atoms with Gasteiger partial charge in [0.1, 0.15) is 17.5 Å². The summed E-state index contributed by atoms with van der Waals surface area (Å²) >= 11 is 0. The van der Waals surface area contributed by atoms with Gasteiger partial charge < -0.3 is 24.6 Å². The van der Waals surface area contributed by atoms with Crippen molar-refractivity contribution in [3.05, 3.63) is 36.8 Å². The van der Waals surface area contributed by atoms with Crippen LogP contribution in [0, 0.1) is 0 Å². The zero-order valence-electron chi connectivity index (χ0n) is 19.3. The molecule has 0 radical (unpaired) electrons. The van der Waals surface area contributed by atoms with Crippen molar-refractivity contribution in [2.24, 2.45) is 0 Å². The molecule has 0 spiro atoms. The monoisotopic (exact) mass is 463 g/mol. The lowest BCUT2D eigenvalue weighted by atomic mass is 10.1. The number of hydrogen-bond donors (Lipinski definition) is 1. The van der Waals surface area contributed by atoms with Crippen molar-refractivity contribution in [3.8, 4) is 17.0 Å². The van der Waals surface area contributed by atoms with E-state index in [0.29, 0.717) is 38.6 Å². The number of carbonyl (C=O) groups is 1. The number of rotatable bonds is 5. The molecule has 10 nitrogen and oxygen atoms in total. The van der Waals surface area contributed by atoms with Gasteiger partial charge in [0.15, 0.2) is 5.65 Å². The Morgan fingerprint density at radius 2 is 2.03 bits per heavy atom. The molecule has 2 aliphatic heterocycles. The molecule has 2 saturated heterocycles. The number of pyridine rings is 1. The minimum Gasteiger partial charge on any atom is -0.474 e. The van der Waals surface area contributed by atoms with Gasteiger partial charge in [-0.05, 0) is 44.5 Å². The lowest BCUT2D eigenvalue weighted by molar-refractivity contribution is 0.0136. The molecule has 0 unspecified atom stereocenters. The standard InChI is InChI=1S/C24H29N7O3/c1-24(7-9-25-16-24)34-23(32)30-13-11-29(12-14-30)20-6-10-31-21(28-20)19(15-27-31)18-3-2-8-26-22(18)33-17-4-5-17/h2-3,6,8,10,15,17,25H,4-5,7,9,11-14,16H2,1H3/t24-/m0/s1. The van der Waals surface area contributed by atoms with Crippen molar-refractivity contribution < 1.29 is 14.3 Å². The third-order valence-corrected chi connectivity index (χ3v) is 6.74. The molecule has 1 atom stereocenters. The van der Waals surface area contributed by atoms with E-state index in [2.05, 4.69) is 20.3 Å². The number of carbonyl (C=O) groups excluding carboxylic acids is 1. The van der Waals surface area contributed by atoms with Crippen molar-refractivity contribution in [1.29, 1.82) is 0 Å². The molecule has 0 bridgehead atoms. The van der Waals surface area contributed by atoms with E-state index in [4.69, 9.17) is 14.5 Å². The Balaban J connectivity index is 1.18. The molecule has 10 heteroatoms. The van der Waals surface area contributed by atoms with Crippen LogP contribution in [0.5, 0.6) is 5.88 Å². The lowest BCUT2D eigenvalue weighted by Gasteiger charge is -2.36. The van der Waals surface area contributed by atoms with Crippen molar-refractivity contribution in [2.75, 3.05) is 44.2 Å². The molecule has 6 rings (SSSR count). The predicted molar refractivity (Wildman–Crippen MR) is 126 cm³/mol. The highest BCUT2D eigenvalue weighted by atomic mass is 16.6. The van der Waals surface area contributed by atoms with Crippen molar-refractivity contribution in [1.82, 2.24) is 29.8 Å². The Labute approximate surface area is 197 Å². The first-order valence-corrected chi connectivity index (χ1v) is 12.0. The Morgan fingerprint density at radius 1 is 1.18 bits per heavy atom. The number of fused-ring (bicyclic) bond motifs is 1. The largest absolute Gasteiger partial charge is 0.474 e. The summed E-state index contributed by atoms with van der Waals surface area (Å²) < 4.78 is 13.6. The van der Waals surface area contributed by atoms with Gasteiger partial charge in [-0.2, -0.15) is 5.10 Å². The molecular formula is C24H29N7O3. The Morgan fingerprint density at radius 3 is 2.79 bits per heavy atom. The number of piperazine rings is 1. The average molecular weight is 464 g/mol. The molecule has 3 aromatic heterocycles. The van der Waals surface area contributed by atoms with Gasteiger partial charge in [0.05, 0.1) is 11.8 Å². The SMILES string of the molecule is C[C@]1(OC(=O)N2CCN(c3ccn4ncc(-c5cccnc5OC5CC5)c4n3)CC2)CCNC1. The first-order chi connectivity index (χ1) is 16.6. The van der Waals surface area contributed by atoms with Crippen LogP contribution in [0.4, 0.5) is 10.6 Å². The number of aromatic nitrogens is 4. The fraction of sp³-hybridized carbons (Fsp3) is 0.500. The quantitative estimate of drug-likeness (QED) is 0.616. The molecule has 1 N–H and O–H groups in total. The molecule has 3 fully saturated rings. The summed E-state index contributed by atoms with van der Waals surface area (Å²) in [4.78, 5) is 26.0. The van der Waals surface area contributed by atoms with E-state index in [1.54, 1.807) is 15.6 Å². The summed E-state index contributed by atoms with van der Waals surface area (Å²) in [6.45, 7) is 6.18. The van der Waals surface area contributed by atoms with E-state index in [9.17, 15) is 4.79 Å². The molecule has 178 valence electrons. The molecule has 1 amide bonds. The molecule has 3 aliphatic rings. The van der Waals surface area contributed by atoms with Crippen LogP contribution in [0.15, 0.2) is 36.8 Å². The number of nitrogens with one attached hydrogen (secondary N) is 1. The van der Waals surface area contributed by atoms with E-state index in [1.165, 1.54) is 0 Å². The Hall–Kier alpha value is -3.40. The maximum atomic E-state index is 12.7. The van der Waals surface area contributed by atoms with Gasteiger partial charge in [-0.15, -0.1) is 0 Å². The van der Waals surface area contributed by atoms with Crippen LogP contribution < -0.4 is 15.0 Å². The zero-order valence-corrected chi connectivity index (χ0v) is 19.3. The van der Waals surface area contributed by atoms with Crippen LogP contribution in [0.3, 0.4) is 0 Å². The van der Waals surface area contributed by atoms with Crippen LogP contribution >= 0.6 is 0 Å². The van der Waals surface area contributed by atoms with E-state index >= 15 is 0 Å². The minimum absolute atomic E-state index is 0.230. The number of nitrogens with zero attached hydrogens (tertiary/aromatic N) is 6.